The third-order valence-electron chi connectivity index (χ3n) is 3.66. The number of hydrogen-bond acceptors (Lipinski definition) is 3. The Hall–Kier alpha value is -3.15. The van der Waals surface area contributed by atoms with Gasteiger partial charge in [0.2, 0.25) is 0 Å². The minimum absolute atomic E-state index is 0.257. The van der Waals surface area contributed by atoms with Gasteiger partial charge in [0.25, 0.3) is 0 Å². The van der Waals surface area contributed by atoms with E-state index >= 15 is 0 Å². The maximum Gasteiger partial charge on any atom is 0.323 e. The van der Waals surface area contributed by atoms with Crippen LogP contribution in [0, 0.1) is 13.8 Å². The molecule has 0 aliphatic carbocycles. The molecule has 1 heterocycles. The number of hydrogen-bond donors (Lipinski definition) is 2. The van der Waals surface area contributed by atoms with Crippen molar-refractivity contribution in [3.63, 3.8) is 0 Å². The number of benzene rings is 2. The fourth-order valence-corrected chi connectivity index (χ4v) is 2.35. The average molecular weight is 321 g/mol. The first kappa shape index (κ1) is 15.7. The van der Waals surface area contributed by atoms with Crippen molar-refractivity contribution in [2.24, 2.45) is 0 Å². The minimum atomic E-state index is -0.257. The van der Waals surface area contributed by atoms with E-state index in [2.05, 4.69) is 20.7 Å². The monoisotopic (exact) mass is 321 g/mol. The Morgan fingerprint density at radius 2 is 1.88 bits per heavy atom. The van der Waals surface area contributed by atoms with Gasteiger partial charge in [-0.2, -0.15) is 5.10 Å². The van der Waals surface area contributed by atoms with Crippen molar-refractivity contribution in [1.82, 2.24) is 14.8 Å². The van der Waals surface area contributed by atoms with Crippen LogP contribution in [0.15, 0.2) is 55.1 Å². The van der Waals surface area contributed by atoms with Crippen LogP contribution >= 0.6 is 0 Å². The van der Waals surface area contributed by atoms with Crippen LogP contribution < -0.4 is 10.6 Å². The Labute approximate surface area is 140 Å². The zero-order chi connectivity index (χ0) is 16.9. The summed E-state index contributed by atoms with van der Waals surface area (Å²) >= 11 is 0. The molecule has 0 radical (unpaired) electrons. The molecule has 24 heavy (non-hydrogen) atoms. The molecule has 0 unspecified atom stereocenters. The molecular weight excluding hydrogens is 302 g/mol. The van der Waals surface area contributed by atoms with Crippen molar-refractivity contribution in [3.05, 3.63) is 71.8 Å². The van der Waals surface area contributed by atoms with E-state index in [1.165, 1.54) is 6.33 Å². The van der Waals surface area contributed by atoms with Gasteiger partial charge >= 0.3 is 6.03 Å². The summed E-state index contributed by atoms with van der Waals surface area (Å²) < 4.78 is 1.75. The Balaban J connectivity index is 1.61. The number of urea groups is 1. The number of anilines is 2. The maximum atomic E-state index is 12.1. The van der Waals surface area contributed by atoms with Crippen molar-refractivity contribution in [2.45, 2.75) is 20.4 Å². The Morgan fingerprint density at radius 1 is 1.08 bits per heavy atom. The average Bonchev–Trinajstić information content (AvgIpc) is 3.06. The fourth-order valence-electron chi connectivity index (χ4n) is 2.35. The van der Waals surface area contributed by atoms with E-state index < -0.39 is 0 Å². The van der Waals surface area contributed by atoms with E-state index in [1.807, 2.05) is 56.3 Å². The van der Waals surface area contributed by atoms with E-state index in [-0.39, 0.29) is 6.03 Å². The number of carbonyl (C=O) groups is 1. The zero-order valence-corrected chi connectivity index (χ0v) is 13.7. The topological polar surface area (TPSA) is 71.8 Å². The molecular formula is C18H19N5O. The van der Waals surface area contributed by atoms with Gasteiger partial charge in [-0.25, -0.2) is 14.5 Å². The van der Waals surface area contributed by atoms with Crippen molar-refractivity contribution in [3.8, 4) is 0 Å². The molecule has 0 saturated heterocycles. The summed E-state index contributed by atoms with van der Waals surface area (Å²) in [5.41, 5.74) is 4.77. The lowest BCUT2D eigenvalue weighted by Crippen LogP contribution is -2.20. The largest absolute Gasteiger partial charge is 0.323 e. The minimum Gasteiger partial charge on any atom is -0.308 e. The molecule has 6 heteroatoms. The second kappa shape index (κ2) is 6.95. The molecule has 2 amide bonds. The Kier molecular flexibility index (Phi) is 4.56. The van der Waals surface area contributed by atoms with E-state index in [0.717, 1.165) is 28.1 Å². The highest BCUT2D eigenvalue weighted by Crippen LogP contribution is 2.17. The van der Waals surface area contributed by atoms with Crippen molar-refractivity contribution in [1.29, 1.82) is 0 Å². The molecule has 1 aromatic heterocycles. The molecule has 0 aliphatic rings. The standard InChI is InChI=1S/C18H19N5O/c1-13-3-4-14(2)17(9-13)22-18(24)21-16-7-5-15(6-8-16)10-23-12-19-11-20-23/h3-9,11-12H,10H2,1-2H3,(H2,21,22,24). The summed E-state index contributed by atoms with van der Waals surface area (Å²) in [6.45, 7) is 4.61. The first-order valence-electron chi connectivity index (χ1n) is 7.67. The van der Waals surface area contributed by atoms with Gasteiger partial charge in [0.05, 0.1) is 6.54 Å². The van der Waals surface area contributed by atoms with Crippen LogP contribution in [0.3, 0.4) is 0 Å². The van der Waals surface area contributed by atoms with Gasteiger partial charge in [0.15, 0.2) is 0 Å². The third-order valence-corrected chi connectivity index (χ3v) is 3.66. The van der Waals surface area contributed by atoms with Crippen LogP contribution in [0.25, 0.3) is 0 Å². The molecule has 6 nitrogen and oxygen atoms in total. The van der Waals surface area contributed by atoms with Crippen molar-refractivity contribution >= 4 is 17.4 Å². The highest BCUT2D eigenvalue weighted by molar-refractivity contribution is 6.00. The van der Waals surface area contributed by atoms with E-state index in [4.69, 9.17) is 0 Å². The lowest BCUT2D eigenvalue weighted by atomic mass is 10.1. The van der Waals surface area contributed by atoms with Gasteiger partial charge in [-0.15, -0.1) is 0 Å². The molecule has 0 saturated carbocycles. The number of aryl methyl sites for hydroxylation is 2. The third kappa shape index (κ3) is 3.98. The summed E-state index contributed by atoms with van der Waals surface area (Å²) in [6.07, 6.45) is 3.18. The van der Waals surface area contributed by atoms with Crippen LogP contribution in [0.5, 0.6) is 0 Å². The summed E-state index contributed by atoms with van der Waals surface area (Å²) in [6, 6.07) is 13.4. The van der Waals surface area contributed by atoms with Gasteiger partial charge in [-0.05, 0) is 48.7 Å². The smallest absolute Gasteiger partial charge is 0.308 e. The number of nitrogens with zero attached hydrogens (tertiary/aromatic N) is 3. The number of aromatic nitrogens is 3. The van der Waals surface area contributed by atoms with Gasteiger partial charge in [-0.1, -0.05) is 24.3 Å². The molecule has 0 spiro atoms. The first-order valence-corrected chi connectivity index (χ1v) is 7.67. The summed E-state index contributed by atoms with van der Waals surface area (Å²) in [4.78, 5) is 16.1. The molecule has 3 rings (SSSR count). The highest BCUT2D eigenvalue weighted by atomic mass is 16.2. The predicted octanol–water partition coefficient (Wildman–Crippen LogP) is 3.59. The summed E-state index contributed by atoms with van der Waals surface area (Å²) in [5, 5.41) is 9.79. The number of rotatable bonds is 4. The van der Waals surface area contributed by atoms with Crippen molar-refractivity contribution in [2.75, 3.05) is 10.6 Å². The Bertz CT molecular complexity index is 825. The van der Waals surface area contributed by atoms with Gasteiger partial charge in [0.1, 0.15) is 12.7 Å². The number of nitrogens with one attached hydrogen (secondary N) is 2. The van der Waals surface area contributed by atoms with Crippen LogP contribution in [0.1, 0.15) is 16.7 Å². The zero-order valence-electron chi connectivity index (χ0n) is 13.7. The SMILES string of the molecule is Cc1ccc(C)c(NC(=O)Nc2ccc(Cn3cncn3)cc2)c1. The van der Waals surface area contributed by atoms with E-state index in [9.17, 15) is 4.79 Å². The van der Waals surface area contributed by atoms with Crippen LogP contribution in [-0.4, -0.2) is 20.8 Å². The number of amides is 2. The van der Waals surface area contributed by atoms with Crippen LogP contribution in [0.4, 0.5) is 16.2 Å². The summed E-state index contributed by atoms with van der Waals surface area (Å²) in [5.74, 6) is 0. The van der Waals surface area contributed by atoms with Crippen LogP contribution in [-0.2, 0) is 6.54 Å². The molecule has 2 aromatic carbocycles. The van der Waals surface area contributed by atoms with E-state index in [1.54, 1.807) is 11.0 Å². The quantitative estimate of drug-likeness (QED) is 0.771. The summed E-state index contributed by atoms with van der Waals surface area (Å²) in [7, 11) is 0. The van der Waals surface area contributed by atoms with Gasteiger partial charge in [-0.3, -0.25) is 0 Å². The molecule has 0 atom stereocenters. The fraction of sp³-hybridized carbons (Fsp3) is 0.167. The second-order valence-electron chi connectivity index (χ2n) is 5.69. The first-order chi connectivity index (χ1) is 11.6. The molecule has 2 N–H and O–H groups in total. The molecule has 0 fully saturated rings. The lowest BCUT2D eigenvalue weighted by Gasteiger charge is -2.11. The second-order valence-corrected chi connectivity index (χ2v) is 5.69. The normalized spacial score (nSPS) is 10.4. The van der Waals surface area contributed by atoms with Crippen LogP contribution in [0.2, 0.25) is 0 Å². The highest BCUT2D eigenvalue weighted by Gasteiger charge is 2.05. The molecule has 3 aromatic rings. The molecule has 0 aliphatic heterocycles. The predicted molar refractivity (Wildman–Crippen MR) is 94.1 cm³/mol. The molecule has 0 bridgehead atoms. The maximum absolute atomic E-state index is 12.1. The number of carbonyl (C=O) groups excluding carboxylic acids is 1. The van der Waals surface area contributed by atoms with E-state index in [0.29, 0.717) is 6.54 Å². The van der Waals surface area contributed by atoms with Gasteiger partial charge < -0.3 is 10.6 Å². The molecule has 122 valence electrons. The lowest BCUT2D eigenvalue weighted by molar-refractivity contribution is 0.262. The Morgan fingerprint density at radius 3 is 2.58 bits per heavy atom. The van der Waals surface area contributed by atoms with Crippen molar-refractivity contribution < 1.29 is 4.79 Å². The van der Waals surface area contributed by atoms with Gasteiger partial charge in [0, 0.05) is 11.4 Å².